The Hall–Kier alpha value is -0.930. The van der Waals surface area contributed by atoms with Crippen molar-refractivity contribution in [3.8, 4) is 0 Å². The van der Waals surface area contributed by atoms with Crippen molar-refractivity contribution in [2.75, 3.05) is 6.54 Å². The van der Waals surface area contributed by atoms with Gasteiger partial charge >= 0.3 is 0 Å². The number of aliphatic hydroxyl groups is 1. The summed E-state index contributed by atoms with van der Waals surface area (Å²) in [7, 11) is 0. The van der Waals surface area contributed by atoms with Crippen molar-refractivity contribution in [1.82, 2.24) is 0 Å². The van der Waals surface area contributed by atoms with Gasteiger partial charge in [-0.2, -0.15) is 0 Å². The largest absolute Gasteiger partial charge is 0.388 e. The maximum absolute atomic E-state index is 13.2. The van der Waals surface area contributed by atoms with Crippen LogP contribution in [0.3, 0.4) is 0 Å². The fraction of sp³-hybridized carbons (Fsp3) is 0.400. The lowest BCUT2D eigenvalue weighted by atomic mass is 10.0. The summed E-state index contributed by atoms with van der Waals surface area (Å²) in [6, 6.07) is 4.75. The summed E-state index contributed by atoms with van der Waals surface area (Å²) in [4.78, 5) is 0. The Morgan fingerprint density at radius 2 is 2.23 bits per heavy atom. The second-order valence-corrected chi connectivity index (χ2v) is 3.06. The van der Waals surface area contributed by atoms with Crippen molar-refractivity contribution in [2.45, 2.75) is 19.4 Å². The lowest BCUT2D eigenvalue weighted by Crippen LogP contribution is -2.09. The van der Waals surface area contributed by atoms with Crippen LogP contribution in [0.1, 0.15) is 23.7 Å². The first-order chi connectivity index (χ1) is 6.16. The Morgan fingerprint density at radius 3 is 2.77 bits per heavy atom. The molecule has 0 saturated carbocycles. The number of benzene rings is 1. The van der Waals surface area contributed by atoms with E-state index in [2.05, 4.69) is 0 Å². The van der Waals surface area contributed by atoms with Crippen LogP contribution in [0, 0.1) is 12.7 Å². The van der Waals surface area contributed by atoms with Crippen LogP contribution in [0.5, 0.6) is 0 Å². The number of halogens is 1. The maximum atomic E-state index is 13.2. The number of hydrogen-bond acceptors (Lipinski definition) is 2. The highest BCUT2D eigenvalue weighted by Gasteiger charge is 2.13. The van der Waals surface area contributed by atoms with Crippen LogP contribution < -0.4 is 5.73 Å². The second-order valence-electron chi connectivity index (χ2n) is 3.06. The molecule has 0 spiro atoms. The molecule has 2 nitrogen and oxygen atoms in total. The summed E-state index contributed by atoms with van der Waals surface area (Å²) in [5.41, 5.74) is 6.42. The molecule has 1 rings (SSSR count). The third-order valence-electron chi connectivity index (χ3n) is 2.04. The standard InChI is InChI=1S/C10H14FNO/c1-7-3-2-4-8(11)10(7)9(13)5-6-12/h2-4,9,13H,5-6,12H2,1H3/t9-/m0/s1. The molecule has 3 heteroatoms. The van der Waals surface area contributed by atoms with E-state index in [0.29, 0.717) is 18.5 Å². The van der Waals surface area contributed by atoms with Crippen LogP contribution in [-0.2, 0) is 0 Å². The van der Waals surface area contributed by atoms with Gasteiger partial charge in [0.2, 0.25) is 0 Å². The Bertz CT molecular complexity index is 268. The Kier molecular flexibility index (Phi) is 3.39. The highest BCUT2D eigenvalue weighted by atomic mass is 19.1. The average molecular weight is 183 g/mol. The molecule has 0 aliphatic carbocycles. The van der Waals surface area contributed by atoms with Crippen molar-refractivity contribution in [3.05, 3.63) is 35.1 Å². The number of aliphatic hydroxyl groups excluding tert-OH is 1. The fourth-order valence-electron chi connectivity index (χ4n) is 1.37. The molecule has 3 N–H and O–H groups in total. The molecular weight excluding hydrogens is 169 g/mol. The van der Waals surface area contributed by atoms with Crippen molar-refractivity contribution < 1.29 is 9.50 Å². The maximum Gasteiger partial charge on any atom is 0.129 e. The molecule has 0 heterocycles. The molecule has 13 heavy (non-hydrogen) atoms. The smallest absolute Gasteiger partial charge is 0.129 e. The minimum absolute atomic E-state index is 0.356. The molecule has 0 radical (unpaired) electrons. The predicted molar refractivity (Wildman–Crippen MR) is 49.8 cm³/mol. The SMILES string of the molecule is Cc1cccc(F)c1[C@@H](O)CCN. The van der Waals surface area contributed by atoms with Crippen LogP contribution in [0.2, 0.25) is 0 Å². The van der Waals surface area contributed by atoms with Gasteiger partial charge in [-0.15, -0.1) is 0 Å². The van der Waals surface area contributed by atoms with Gasteiger partial charge in [0.25, 0.3) is 0 Å². The normalized spacial score (nSPS) is 12.9. The number of rotatable bonds is 3. The van der Waals surface area contributed by atoms with Gasteiger partial charge in [0.05, 0.1) is 6.10 Å². The van der Waals surface area contributed by atoms with Crippen LogP contribution >= 0.6 is 0 Å². The van der Waals surface area contributed by atoms with Crippen LogP contribution in [0.25, 0.3) is 0 Å². The summed E-state index contributed by atoms with van der Waals surface area (Å²) >= 11 is 0. The van der Waals surface area contributed by atoms with Gasteiger partial charge < -0.3 is 10.8 Å². The first-order valence-corrected chi connectivity index (χ1v) is 4.30. The number of aryl methyl sites for hydroxylation is 1. The van der Waals surface area contributed by atoms with E-state index >= 15 is 0 Å². The summed E-state index contributed by atoms with van der Waals surface area (Å²) in [6.07, 6.45) is -0.395. The van der Waals surface area contributed by atoms with Gasteiger partial charge in [-0.3, -0.25) is 0 Å². The molecular formula is C10H14FNO. The zero-order chi connectivity index (χ0) is 9.84. The number of hydrogen-bond donors (Lipinski definition) is 2. The summed E-state index contributed by atoms with van der Waals surface area (Å²) in [5, 5.41) is 9.56. The molecule has 0 saturated heterocycles. The van der Waals surface area contributed by atoms with Gasteiger partial charge in [0.1, 0.15) is 5.82 Å². The minimum atomic E-state index is -0.786. The lowest BCUT2D eigenvalue weighted by Gasteiger charge is -2.13. The third kappa shape index (κ3) is 2.26. The topological polar surface area (TPSA) is 46.2 Å². The van der Waals surface area contributed by atoms with Crippen LogP contribution in [0.15, 0.2) is 18.2 Å². The van der Waals surface area contributed by atoms with E-state index < -0.39 is 6.10 Å². The average Bonchev–Trinajstić information content (AvgIpc) is 2.04. The zero-order valence-electron chi connectivity index (χ0n) is 7.63. The van der Waals surface area contributed by atoms with E-state index in [1.807, 2.05) is 0 Å². The monoisotopic (exact) mass is 183 g/mol. The molecule has 0 aliphatic rings. The number of nitrogens with two attached hydrogens (primary N) is 1. The van der Waals surface area contributed by atoms with E-state index in [9.17, 15) is 9.50 Å². The Balaban J connectivity index is 2.98. The zero-order valence-corrected chi connectivity index (χ0v) is 7.63. The van der Waals surface area contributed by atoms with Crippen LogP contribution in [-0.4, -0.2) is 11.7 Å². The van der Waals surface area contributed by atoms with Gasteiger partial charge in [-0.05, 0) is 31.5 Å². The second kappa shape index (κ2) is 4.35. The van der Waals surface area contributed by atoms with Gasteiger partial charge in [-0.1, -0.05) is 12.1 Å². The molecule has 0 aliphatic heterocycles. The summed E-state index contributed by atoms with van der Waals surface area (Å²) in [5.74, 6) is -0.360. The minimum Gasteiger partial charge on any atom is -0.388 e. The first-order valence-electron chi connectivity index (χ1n) is 4.30. The predicted octanol–water partition coefficient (Wildman–Crippen LogP) is 1.52. The van der Waals surface area contributed by atoms with Crippen molar-refractivity contribution in [2.24, 2.45) is 5.73 Å². The van der Waals surface area contributed by atoms with Gasteiger partial charge in [-0.25, -0.2) is 4.39 Å². The van der Waals surface area contributed by atoms with E-state index in [0.717, 1.165) is 5.56 Å². The quantitative estimate of drug-likeness (QED) is 0.746. The summed E-state index contributed by atoms with van der Waals surface area (Å²) in [6.45, 7) is 2.13. The first kappa shape index (κ1) is 10.2. The van der Waals surface area contributed by atoms with E-state index in [1.54, 1.807) is 19.1 Å². The third-order valence-corrected chi connectivity index (χ3v) is 2.04. The fourth-order valence-corrected chi connectivity index (χ4v) is 1.37. The van der Waals surface area contributed by atoms with E-state index in [1.165, 1.54) is 6.07 Å². The van der Waals surface area contributed by atoms with Crippen molar-refractivity contribution >= 4 is 0 Å². The molecule has 0 fully saturated rings. The van der Waals surface area contributed by atoms with Gasteiger partial charge in [0.15, 0.2) is 0 Å². The van der Waals surface area contributed by atoms with Crippen LogP contribution in [0.4, 0.5) is 4.39 Å². The summed E-state index contributed by atoms with van der Waals surface area (Å²) < 4.78 is 13.2. The Labute approximate surface area is 77.2 Å². The van der Waals surface area contributed by atoms with E-state index in [4.69, 9.17) is 5.73 Å². The highest BCUT2D eigenvalue weighted by Crippen LogP contribution is 2.22. The molecule has 72 valence electrons. The molecule has 0 unspecified atom stereocenters. The highest BCUT2D eigenvalue weighted by molar-refractivity contribution is 5.29. The van der Waals surface area contributed by atoms with E-state index in [-0.39, 0.29) is 5.82 Å². The van der Waals surface area contributed by atoms with Crippen molar-refractivity contribution in [3.63, 3.8) is 0 Å². The Morgan fingerprint density at radius 1 is 1.54 bits per heavy atom. The molecule has 0 amide bonds. The molecule has 0 bridgehead atoms. The molecule has 0 aromatic heterocycles. The lowest BCUT2D eigenvalue weighted by molar-refractivity contribution is 0.165. The molecule has 1 atom stereocenters. The molecule has 1 aromatic carbocycles. The van der Waals surface area contributed by atoms with Gasteiger partial charge in [0, 0.05) is 5.56 Å². The van der Waals surface area contributed by atoms with Crippen molar-refractivity contribution in [1.29, 1.82) is 0 Å². The molecule has 1 aromatic rings.